The number of nitrogens with zero attached hydrogens (tertiary/aromatic N) is 2. The van der Waals surface area contributed by atoms with Gasteiger partial charge < -0.3 is 0 Å². The summed E-state index contributed by atoms with van der Waals surface area (Å²) in [6, 6.07) is 10.5. The van der Waals surface area contributed by atoms with Crippen molar-refractivity contribution >= 4 is 27.3 Å². The van der Waals surface area contributed by atoms with E-state index in [2.05, 4.69) is 27.0 Å². The monoisotopic (exact) mass is 318 g/mol. The largest absolute Gasteiger partial charge is 0.239 e. The molecule has 0 radical (unpaired) electrons. The van der Waals surface area contributed by atoms with E-state index in [1.165, 1.54) is 0 Å². The van der Waals surface area contributed by atoms with Crippen molar-refractivity contribution in [1.29, 1.82) is 5.26 Å². The number of thiazole rings is 1. The van der Waals surface area contributed by atoms with E-state index in [9.17, 15) is 5.26 Å². The maximum Gasteiger partial charge on any atom is 0.114 e. The highest BCUT2D eigenvalue weighted by Crippen LogP contribution is 2.45. The van der Waals surface area contributed by atoms with Gasteiger partial charge >= 0.3 is 0 Å². The van der Waals surface area contributed by atoms with Gasteiger partial charge in [0.15, 0.2) is 0 Å². The molecule has 0 N–H and O–H groups in total. The number of nitriles is 1. The zero-order valence-corrected chi connectivity index (χ0v) is 12.1. The topological polar surface area (TPSA) is 36.7 Å². The fourth-order valence-electron chi connectivity index (χ4n) is 2.19. The molecule has 4 heteroatoms. The second-order valence-corrected chi connectivity index (χ2v) is 6.28. The first-order valence-corrected chi connectivity index (χ1v) is 7.55. The highest BCUT2D eigenvalue weighted by atomic mass is 79.9. The number of halogens is 1. The van der Waals surface area contributed by atoms with Crippen LogP contribution < -0.4 is 0 Å². The van der Waals surface area contributed by atoms with Gasteiger partial charge in [-0.05, 0) is 25.3 Å². The maximum atomic E-state index is 9.33. The zero-order chi connectivity index (χ0) is 12.6. The Hall–Kier alpha value is -1.18. The van der Waals surface area contributed by atoms with Crippen LogP contribution in [0, 0.1) is 11.3 Å². The van der Waals surface area contributed by atoms with E-state index in [4.69, 9.17) is 0 Å². The number of aromatic nitrogens is 1. The van der Waals surface area contributed by atoms with Crippen LogP contribution in [0.1, 0.15) is 24.3 Å². The van der Waals surface area contributed by atoms with Gasteiger partial charge in [0.1, 0.15) is 10.4 Å². The standard InChI is InChI=1S/C14H11BrN2S/c15-11-5-2-1-4-10(11)12-8-18-13(17-12)14(9-16)6-3-7-14/h1-2,4-5,8H,3,6-7H2. The third-order valence-electron chi connectivity index (χ3n) is 3.48. The SMILES string of the molecule is N#CC1(c2nc(-c3ccccc3Br)cs2)CCC1. The lowest BCUT2D eigenvalue weighted by atomic mass is 9.70. The van der Waals surface area contributed by atoms with Crippen LogP contribution in [0.15, 0.2) is 34.1 Å². The molecule has 1 aliphatic rings. The van der Waals surface area contributed by atoms with Gasteiger partial charge in [-0.25, -0.2) is 4.98 Å². The summed E-state index contributed by atoms with van der Waals surface area (Å²) in [6.07, 6.45) is 3.04. The van der Waals surface area contributed by atoms with Gasteiger partial charge in [-0.2, -0.15) is 5.26 Å². The first-order chi connectivity index (χ1) is 8.75. The van der Waals surface area contributed by atoms with E-state index in [0.29, 0.717) is 0 Å². The summed E-state index contributed by atoms with van der Waals surface area (Å²) in [4.78, 5) is 4.67. The quantitative estimate of drug-likeness (QED) is 0.816. The lowest BCUT2D eigenvalue weighted by Gasteiger charge is -2.32. The van der Waals surface area contributed by atoms with Crippen molar-refractivity contribution in [3.05, 3.63) is 39.1 Å². The summed E-state index contributed by atoms with van der Waals surface area (Å²) < 4.78 is 1.04. The van der Waals surface area contributed by atoms with Crippen molar-refractivity contribution in [2.24, 2.45) is 0 Å². The third-order valence-corrected chi connectivity index (χ3v) is 5.22. The predicted molar refractivity (Wildman–Crippen MR) is 76.4 cm³/mol. The van der Waals surface area contributed by atoms with Crippen LogP contribution in [0.25, 0.3) is 11.3 Å². The Kier molecular flexibility index (Phi) is 2.96. The molecule has 0 aliphatic heterocycles. The van der Waals surface area contributed by atoms with Gasteiger partial charge in [0.05, 0.1) is 11.8 Å². The van der Waals surface area contributed by atoms with Gasteiger partial charge in [0.25, 0.3) is 0 Å². The molecule has 3 rings (SSSR count). The van der Waals surface area contributed by atoms with Crippen LogP contribution in [-0.2, 0) is 5.41 Å². The second-order valence-electron chi connectivity index (χ2n) is 4.57. The van der Waals surface area contributed by atoms with Gasteiger partial charge in [0.2, 0.25) is 0 Å². The molecule has 0 amide bonds. The molecule has 1 aromatic carbocycles. The molecule has 0 saturated heterocycles. The lowest BCUT2D eigenvalue weighted by molar-refractivity contribution is 0.323. The molecule has 1 fully saturated rings. The number of hydrogen-bond acceptors (Lipinski definition) is 3. The summed E-state index contributed by atoms with van der Waals surface area (Å²) in [7, 11) is 0. The minimum absolute atomic E-state index is 0.301. The molecule has 18 heavy (non-hydrogen) atoms. The van der Waals surface area contributed by atoms with Gasteiger partial charge in [-0.15, -0.1) is 11.3 Å². The second kappa shape index (κ2) is 4.49. The normalized spacial score (nSPS) is 16.9. The summed E-state index contributed by atoms with van der Waals surface area (Å²) in [5, 5.41) is 12.4. The minimum Gasteiger partial charge on any atom is -0.239 e. The number of benzene rings is 1. The average molecular weight is 319 g/mol. The molecule has 0 atom stereocenters. The Morgan fingerprint density at radius 3 is 2.72 bits per heavy atom. The number of hydrogen-bond donors (Lipinski definition) is 0. The van der Waals surface area contributed by atoms with Crippen LogP contribution in [0.3, 0.4) is 0 Å². The molecule has 90 valence electrons. The van der Waals surface area contributed by atoms with Crippen molar-refractivity contribution < 1.29 is 0 Å². The molecule has 1 heterocycles. The van der Waals surface area contributed by atoms with Gasteiger partial charge in [-0.3, -0.25) is 0 Å². The summed E-state index contributed by atoms with van der Waals surface area (Å²) in [5.74, 6) is 0. The van der Waals surface area contributed by atoms with E-state index >= 15 is 0 Å². The van der Waals surface area contributed by atoms with Gasteiger partial charge in [-0.1, -0.05) is 34.1 Å². The maximum absolute atomic E-state index is 9.33. The van der Waals surface area contributed by atoms with Crippen molar-refractivity contribution in [3.63, 3.8) is 0 Å². The molecular formula is C14H11BrN2S. The van der Waals surface area contributed by atoms with Gasteiger partial charge in [0, 0.05) is 15.4 Å². The molecule has 0 bridgehead atoms. The molecule has 2 nitrogen and oxygen atoms in total. The van der Waals surface area contributed by atoms with E-state index < -0.39 is 0 Å². The van der Waals surface area contributed by atoms with Crippen LogP contribution in [0.5, 0.6) is 0 Å². The van der Waals surface area contributed by atoms with Crippen molar-refractivity contribution in [2.45, 2.75) is 24.7 Å². The van der Waals surface area contributed by atoms with E-state index in [0.717, 1.165) is 40.0 Å². The van der Waals surface area contributed by atoms with E-state index in [-0.39, 0.29) is 5.41 Å². The Balaban J connectivity index is 2.00. The third kappa shape index (κ3) is 1.79. The molecule has 1 saturated carbocycles. The fourth-order valence-corrected chi connectivity index (χ4v) is 3.71. The van der Waals surface area contributed by atoms with Crippen molar-refractivity contribution in [3.8, 4) is 17.3 Å². The fraction of sp³-hybridized carbons (Fsp3) is 0.286. The zero-order valence-electron chi connectivity index (χ0n) is 9.69. The number of rotatable bonds is 2. The molecule has 0 unspecified atom stereocenters. The van der Waals surface area contributed by atoms with Crippen LogP contribution in [0.4, 0.5) is 0 Å². The molecule has 2 aromatic rings. The Morgan fingerprint density at radius 2 is 2.11 bits per heavy atom. The smallest absolute Gasteiger partial charge is 0.114 e. The Labute approximate surface area is 118 Å². The lowest BCUT2D eigenvalue weighted by Crippen LogP contribution is -2.32. The summed E-state index contributed by atoms with van der Waals surface area (Å²) in [5.41, 5.74) is 1.75. The van der Waals surface area contributed by atoms with E-state index in [1.807, 2.05) is 29.6 Å². The molecule has 0 spiro atoms. The molecule has 1 aliphatic carbocycles. The molecule has 1 aromatic heterocycles. The molecular weight excluding hydrogens is 308 g/mol. The Morgan fingerprint density at radius 1 is 1.33 bits per heavy atom. The first kappa shape index (κ1) is 11.9. The first-order valence-electron chi connectivity index (χ1n) is 5.87. The summed E-state index contributed by atoms with van der Waals surface area (Å²) >= 11 is 5.15. The van der Waals surface area contributed by atoms with Crippen LogP contribution in [0.2, 0.25) is 0 Å². The minimum atomic E-state index is -0.301. The Bertz CT molecular complexity index is 623. The summed E-state index contributed by atoms with van der Waals surface area (Å²) in [6.45, 7) is 0. The van der Waals surface area contributed by atoms with Crippen molar-refractivity contribution in [2.75, 3.05) is 0 Å². The highest BCUT2D eigenvalue weighted by Gasteiger charge is 2.41. The predicted octanol–water partition coefficient (Wildman–Crippen LogP) is 4.52. The van der Waals surface area contributed by atoms with E-state index in [1.54, 1.807) is 11.3 Å². The van der Waals surface area contributed by atoms with Crippen molar-refractivity contribution in [1.82, 2.24) is 4.98 Å². The average Bonchev–Trinajstić information content (AvgIpc) is 2.79. The van der Waals surface area contributed by atoms with Crippen LogP contribution in [-0.4, -0.2) is 4.98 Å². The van der Waals surface area contributed by atoms with Crippen LogP contribution >= 0.6 is 27.3 Å². The highest BCUT2D eigenvalue weighted by molar-refractivity contribution is 9.10.